The molecule has 4 atom stereocenters. The second-order valence-corrected chi connectivity index (χ2v) is 19.3. The normalized spacial score (nSPS) is 18.4. The molecule has 4 unspecified atom stereocenters. The van der Waals surface area contributed by atoms with Crippen molar-refractivity contribution in [1.29, 1.82) is 0 Å². The van der Waals surface area contributed by atoms with Crippen molar-refractivity contribution in [2.45, 2.75) is 135 Å². The smallest absolute Gasteiger partial charge is 0.407 e. The summed E-state index contributed by atoms with van der Waals surface area (Å²) in [4.78, 5) is 85.3. The van der Waals surface area contributed by atoms with Gasteiger partial charge in [0, 0.05) is 64.7 Å². The van der Waals surface area contributed by atoms with E-state index in [-0.39, 0.29) is 36.5 Å². The Labute approximate surface area is 378 Å². The number of amides is 6. The van der Waals surface area contributed by atoms with E-state index in [2.05, 4.69) is 36.8 Å². The highest BCUT2D eigenvalue weighted by Gasteiger charge is 2.48. The Kier molecular flexibility index (Phi) is 18.4. The van der Waals surface area contributed by atoms with Crippen LogP contribution in [0.15, 0.2) is 60.7 Å². The summed E-state index contributed by atoms with van der Waals surface area (Å²) >= 11 is 0. The number of nitrogens with one attached hydrogen (secondary N) is 6. The third kappa shape index (κ3) is 15.8. The molecule has 6 amide bonds. The minimum absolute atomic E-state index is 0.0351. The third-order valence-electron chi connectivity index (χ3n) is 12.5. The number of likely N-dealkylation sites (tertiary alicyclic amines) is 1. The molecule has 1 aliphatic carbocycles. The Hall–Kier alpha value is -5.22. The third-order valence-corrected chi connectivity index (χ3v) is 12.5. The van der Waals surface area contributed by atoms with E-state index in [1.807, 2.05) is 55.1 Å². The van der Waals surface area contributed by atoms with Gasteiger partial charge in [-0.25, -0.2) is 9.59 Å². The molecule has 16 nitrogen and oxygen atoms in total. The van der Waals surface area contributed by atoms with Gasteiger partial charge in [-0.1, -0.05) is 74.5 Å². The molecule has 1 spiro atoms. The molecule has 2 heterocycles. The van der Waals surface area contributed by atoms with Crippen LogP contribution >= 0.6 is 0 Å². The number of piperazine rings is 1. The molecule has 7 N–H and O–H groups in total. The van der Waals surface area contributed by atoms with E-state index in [0.29, 0.717) is 44.9 Å². The van der Waals surface area contributed by atoms with Gasteiger partial charge in [0.15, 0.2) is 0 Å². The number of carbonyl (C=O) groups is 6. The fourth-order valence-electron chi connectivity index (χ4n) is 9.10. The fraction of sp³-hybridized carbons (Fsp3) is 0.625. The van der Waals surface area contributed by atoms with Crippen molar-refractivity contribution in [2.24, 2.45) is 11.3 Å². The van der Waals surface area contributed by atoms with Crippen LogP contribution in [0.3, 0.4) is 0 Å². The number of ether oxygens (including phenoxy) is 1. The number of hydrogen-bond acceptors (Lipinski definition) is 9. The van der Waals surface area contributed by atoms with E-state index in [0.717, 1.165) is 63.0 Å². The van der Waals surface area contributed by atoms with Gasteiger partial charge in [-0.3, -0.25) is 24.1 Å². The highest BCUT2D eigenvalue weighted by molar-refractivity contribution is 5.95. The van der Waals surface area contributed by atoms with Crippen molar-refractivity contribution in [3.05, 3.63) is 71.8 Å². The van der Waals surface area contributed by atoms with Crippen molar-refractivity contribution < 1.29 is 38.6 Å². The Morgan fingerprint density at radius 3 is 1.78 bits per heavy atom. The van der Waals surface area contributed by atoms with E-state index in [4.69, 9.17) is 4.74 Å². The van der Waals surface area contributed by atoms with E-state index in [1.165, 1.54) is 0 Å². The predicted molar refractivity (Wildman–Crippen MR) is 244 cm³/mol. The lowest BCUT2D eigenvalue weighted by Gasteiger charge is -2.56. The second kappa shape index (κ2) is 23.6. The van der Waals surface area contributed by atoms with Gasteiger partial charge in [-0.05, 0) is 94.6 Å². The number of piperidine rings is 1. The van der Waals surface area contributed by atoms with E-state index in [9.17, 15) is 33.9 Å². The molecule has 16 heteroatoms. The van der Waals surface area contributed by atoms with Gasteiger partial charge in [0.1, 0.15) is 29.8 Å². The maximum atomic E-state index is 14.4. The van der Waals surface area contributed by atoms with Crippen LogP contribution in [0.1, 0.15) is 97.1 Å². The molecule has 2 aromatic carbocycles. The molecule has 3 aliphatic rings. The molecular formula is C48H72N8O8. The van der Waals surface area contributed by atoms with Gasteiger partial charge >= 0.3 is 12.2 Å². The van der Waals surface area contributed by atoms with Gasteiger partial charge in [0.2, 0.25) is 23.6 Å². The van der Waals surface area contributed by atoms with E-state index >= 15 is 0 Å². The first kappa shape index (κ1) is 49.8. The van der Waals surface area contributed by atoms with Crippen LogP contribution in [-0.4, -0.2) is 132 Å². The fourth-order valence-corrected chi connectivity index (χ4v) is 9.10. The van der Waals surface area contributed by atoms with Crippen LogP contribution in [0, 0.1) is 11.3 Å². The van der Waals surface area contributed by atoms with Crippen LogP contribution < -0.4 is 31.9 Å². The Bertz CT molecular complexity index is 1840. The Balaban J connectivity index is 1.28. The van der Waals surface area contributed by atoms with Gasteiger partial charge in [-0.2, -0.15) is 0 Å². The number of alkyl carbamates (subject to hydrolysis) is 1. The maximum Gasteiger partial charge on any atom is 0.407 e. The average molecular weight is 889 g/mol. The van der Waals surface area contributed by atoms with Crippen LogP contribution in [-0.2, 0) is 36.8 Å². The van der Waals surface area contributed by atoms with Gasteiger partial charge in [-0.15, -0.1) is 0 Å². The summed E-state index contributed by atoms with van der Waals surface area (Å²) in [7, 11) is 0. The number of carboxylic acid groups (broad SMARTS) is 1. The molecule has 0 bridgehead atoms. The minimum Gasteiger partial charge on any atom is -0.465 e. The molecule has 0 radical (unpaired) electrons. The lowest BCUT2D eigenvalue weighted by molar-refractivity contribution is -0.141. The van der Waals surface area contributed by atoms with Gasteiger partial charge < -0.3 is 46.6 Å². The van der Waals surface area contributed by atoms with E-state index < -0.39 is 59.7 Å². The van der Waals surface area contributed by atoms with Crippen LogP contribution in [0.2, 0.25) is 0 Å². The predicted octanol–water partition coefficient (Wildman–Crippen LogP) is 3.98. The summed E-state index contributed by atoms with van der Waals surface area (Å²) in [6, 6.07) is 14.4. The highest BCUT2D eigenvalue weighted by atomic mass is 16.6. The first-order valence-corrected chi connectivity index (χ1v) is 23.2. The number of rotatable bonds is 20. The average Bonchev–Trinajstić information content (AvgIpc) is 3.24. The number of hydrogen-bond donors (Lipinski definition) is 7. The van der Waals surface area contributed by atoms with Crippen molar-refractivity contribution in [1.82, 2.24) is 41.7 Å². The zero-order valence-electron chi connectivity index (χ0n) is 38.5. The monoisotopic (exact) mass is 889 g/mol. The summed E-state index contributed by atoms with van der Waals surface area (Å²) in [6.07, 6.45) is 3.98. The van der Waals surface area contributed by atoms with Crippen molar-refractivity contribution >= 4 is 35.8 Å². The highest BCUT2D eigenvalue weighted by Crippen LogP contribution is 2.51. The number of unbranched alkanes of at least 4 members (excludes halogenated alkanes) is 1. The molecular weight excluding hydrogens is 817 g/mol. The van der Waals surface area contributed by atoms with Crippen molar-refractivity contribution in [2.75, 3.05) is 45.8 Å². The zero-order valence-corrected chi connectivity index (χ0v) is 38.5. The molecule has 5 rings (SSSR count). The summed E-state index contributed by atoms with van der Waals surface area (Å²) in [5.41, 5.74) is 1.07. The molecule has 2 saturated heterocycles. The molecule has 2 aromatic rings. The van der Waals surface area contributed by atoms with Crippen LogP contribution in [0.25, 0.3) is 0 Å². The zero-order chi connectivity index (χ0) is 46.3. The topological polar surface area (TPSA) is 211 Å². The summed E-state index contributed by atoms with van der Waals surface area (Å²) in [5, 5.41) is 26.8. The molecule has 3 fully saturated rings. The summed E-state index contributed by atoms with van der Waals surface area (Å²) in [6.45, 7) is 15.0. The lowest BCUT2D eigenvalue weighted by atomic mass is 9.60. The molecule has 1 saturated carbocycles. The largest absolute Gasteiger partial charge is 0.465 e. The van der Waals surface area contributed by atoms with Crippen molar-refractivity contribution in [3.63, 3.8) is 0 Å². The molecule has 64 heavy (non-hydrogen) atoms. The number of carbonyl (C=O) groups excluding carboxylic acids is 5. The molecule has 2 aliphatic heterocycles. The lowest BCUT2D eigenvalue weighted by Crippen LogP contribution is -2.61. The van der Waals surface area contributed by atoms with Gasteiger partial charge in [0.25, 0.3) is 0 Å². The minimum atomic E-state index is -1.39. The first-order valence-electron chi connectivity index (χ1n) is 23.2. The Morgan fingerprint density at radius 2 is 1.25 bits per heavy atom. The molecule has 352 valence electrons. The van der Waals surface area contributed by atoms with E-state index in [1.54, 1.807) is 45.0 Å². The second-order valence-electron chi connectivity index (χ2n) is 19.3. The number of nitrogens with zero attached hydrogens (tertiary/aromatic N) is 2. The first-order chi connectivity index (χ1) is 30.5. The number of benzene rings is 2. The maximum absolute atomic E-state index is 14.4. The SMILES string of the molecule is CC(C)CC(NC(=O)C(Cc1ccccc1)NC(=O)C(Cc1ccccc1)NC(=O)O)C(=O)NC(CCCCNC(=O)OC(C)(C)C)C(=O)N1CCC2(CC1)CC(N1CCNCC1)C2. The quantitative estimate of drug-likeness (QED) is 0.0952. The summed E-state index contributed by atoms with van der Waals surface area (Å²) in [5.74, 6) is -2.03. The van der Waals surface area contributed by atoms with Crippen molar-refractivity contribution in [3.8, 4) is 0 Å². The summed E-state index contributed by atoms with van der Waals surface area (Å²) < 4.78 is 5.36. The van der Waals surface area contributed by atoms with Gasteiger partial charge in [0.05, 0.1) is 0 Å². The molecule has 0 aromatic heterocycles. The van der Waals surface area contributed by atoms with Crippen LogP contribution in [0.4, 0.5) is 9.59 Å². The van der Waals surface area contributed by atoms with Crippen LogP contribution in [0.5, 0.6) is 0 Å². The standard InChI is InChI=1S/C48H72N8O8/c1-33(2)28-38(52-42(58)39(29-34-14-8-6-9-15-34)53-43(59)40(54-45(61)62)30-35-16-10-7-11-17-35)41(57)51-37(18-12-13-21-50-46(63)64-47(3,4)5)44(60)56-24-19-48(20-25-56)31-36(32-48)55-26-22-49-23-27-55/h6-11,14-17,33,36-40,49,54H,12-13,18-32H2,1-5H3,(H,50,63)(H,51,57)(H,52,58)(H,53,59)(H,61,62). The Morgan fingerprint density at radius 1 is 0.734 bits per heavy atom.